The molecule has 1 rings (SSSR count). The van der Waals surface area contributed by atoms with Crippen molar-refractivity contribution in [2.45, 2.75) is 6.61 Å². The molecule has 0 spiro atoms. The van der Waals surface area contributed by atoms with Crippen molar-refractivity contribution < 1.29 is 9.50 Å². The van der Waals surface area contributed by atoms with Crippen LogP contribution in [0.4, 0.5) is 4.39 Å². The smallest absolute Gasteiger partial charge is 0.250 e. The minimum Gasteiger partial charge on any atom is -0.392 e. The Kier molecular flexibility index (Phi) is 1.82. The number of aromatic amines is 1. The first-order valence-electron chi connectivity index (χ1n) is 2.72. The molecule has 0 aromatic carbocycles. The van der Waals surface area contributed by atoms with Crippen LogP contribution in [0, 0.1) is 5.95 Å². The zero-order chi connectivity index (χ0) is 7.56. The van der Waals surface area contributed by atoms with Crippen LogP contribution in [0.15, 0.2) is 16.9 Å². The van der Waals surface area contributed by atoms with E-state index in [4.69, 9.17) is 5.11 Å². The maximum atomic E-state index is 12.4. The van der Waals surface area contributed by atoms with Crippen molar-refractivity contribution in [3.63, 3.8) is 0 Å². The molecule has 0 atom stereocenters. The number of hydrogen-bond donors (Lipinski definition) is 2. The predicted molar refractivity (Wildman–Crippen MR) is 32.9 cm³/mol. The van der Waals surface area contributed by atoms with Crippen LogP contribution in [-0.2, 0) is 6.61 Å². The van der Waals surface area contributed by atoms with Gasteiger partial charge in [-0.2, -0.15) is 4.39 Å². The number of aliphatic hydroxyl groups is 1. The fraction of sp³-hybridized carbons (Fsp3) is 0.167. The van der Waals surface area contributed by atoms with E-state index >= 15 is 0 Å². The van der Waals surface area contributed by atoms with Gasteiger partial charge in [0, 0.05) is 11.6 Å². The SMILES string of the molecule is O=c1ccc(CO)c(F)[nH]1. The van der Waals surface area contributed by atoms with Crippen LogP contribution in [0.5, 0.6) is 0 Å². The normalized spacial score (nSPS) is 9.80. The molecule has 0 bridgehead atoms. The number of pyridine rings is 1. The van der Waals surface area contributed by atoms with Crippen LogP contribution in [0.3, 0.4) is 0 Å². The Balaban J connectivity index is 3.19. The van der Waals surface area contributed by atoms with E-state index in [0.717, 1.165) is 6.07 Å². The van der Waals surface area contributed by atoms with Crippen molar-refractivity contribution in [3.8, 4) is 0 Å². The molecule has 10 heavy (non-hydrogen) atoms. The van der Waals surface area contributed by atoms with E-state index < -0.39 is 18.1 Å². The largest absolute Gasteiger partial charge is 0.392 e. The lowest BCUT2D eigenvalue weighted by Crippen LogP contribution is -2.08. The number of aromatic nitrogens is 1. The fourth-order valence-corrected chi connectivity index (χ4v) is 0.602. The van der Waals surface area contributed by atoms with Crippen LogP contribution in [0.2, 0.25) is 0 Å². The number of H-pyrrole nitrogens is 1. The lowest BCUT2D eigenvalue weighted by atomic mass is 10.3. The summed E-state index contributed by atoms with van der Waals surface area (Å²) in [6, 6.07) is 2.41. The molecule has 4 heteroatoms. The Hall–Kier alpha value is -1.16. The van der Waals surface area contributed by atoms with Gasteiger partial charge >= 0.3 is 0 Å². The van der Waals surface area contributed by atoms with Gasteiger partial charge in [-0.05, 0) is 6.07 Å². The Morgan fingerprint density at radius 2 is 2.30 bits per heavy atom. The topological polar surface area (TPSA) is 53.1 Å². The monoisotopic (exact) mass is 143 g/mol. The van der Waals surface area contributed by atoms with Gasteiger partial charge in [-0.1, -0.05) is 0 Å². The van der Waals surface area contributed by atoms with Crippen LogP contribution in [-0.4, -0.2) is 10.1 Å². The average molecular weight is 143 g/mol. The zero-order valence-electron chi connectivity index (χ0n) is 5.10. The van der Waals surface area contributed by atoms with Crippen LogP contribution in [0.25, 0.3) is 0 Å². The summed E-state index contributed by atoms with van der Waals surface area (Å²) in [5, 5.41) is 8.45. The summed E-state index contributed by atoms with van der Waals surface area (Å²) in [5.41, 5.74) is -0.408. The van der Waals surface area contributed by atoms with Crippen molar-refractivity contribution in [2.24, 2.45) is 0 Å². The molecule has 0 aliphatic heterocycles. The van der Waals surface area contributed by atoms with Gasteiger partial charge in [0.15, 0.2) is 5.95 Å². The maximum Gasteiger partial charge on any atom is 0.250 e. The highest BCUT2D eigenvalue weighted by atomic mass is 19.1. The van der Waals surface area contributed by atoms with Gasteiger partial charge < -0.3 is 5.11 Å². The van der Waals surface area contributed by atoms with E-state index in [1.807, 2.05) is 4.98 Å². The summed E-state index contributed by atoms with van der Waals surface area (Å²) in [6.45, 7) is -0.400. The van der Waals surface area contributed by atoms with Crippen LogP contribution >= 0.6 is 0 Å². The highest BCUT2D eigenvalue weighted by Crippen LogP contribution is 1.98. The van der Waals surface area contributed by atoms with Crippen molar-refractivity contribution in [3.05, 3.63) is 34.0 Å². The summed E-state index contributed by atoms with van der Waals surface area (Å²) in [7, 11) is 0. The fourth-order valence-electron chi connectivity index (χ4n) is 0.602. The molecule has 3 nitrogen and oxygen atoms in total. The van der Waals surface area contributed by atoms with Crippen LogP contribution < -0.4 is 5.56 Å². The first-order valence-corrected chi connectivity index (χ1v) is 2.72. The minimum atomic E-state index is -0.769. The number of nitrogens with one attached hydrogen (secondary N) is 1. The molecule has 0 radical (unpaired) electrons. The molecule has 54 valence electrons. The van der Waals surface area contributed by atoms with E-state index in [2.05, 4.69) is 0 Å². The average Bonchev–Trinajstić information content (AvgIpc) is 1.88. The molecule has 0 amide bonds. The molecule has 0 aliphatic carbocycles. The van der Waals surface area contributed by atoms with Gasteiger partial charge in [0.25, 0.3) is 0 Å². The third-order valence-corrected chi connectivity index (χ3v) is 1.12. The molecule has 0 saturated heterocycles. The summed E-state index contributed by atoms with van der Waals surface area (Å²) in [4.78, 5) is 12.3. The zero-order valence-corrected chi connectivity index (χ0v) is 5.10. The van der Waals surface area contributed by atoms with Gasteiger partial charge in [-0.3, -0.25) is 9.78 Å². The molecular formula is C6H6FNO2. The van der Waals surface area contributed by atoms with E-state index in [1.54, 1.807) is 0 Å². The van der Waals surface area contributed by atoms with Gasteiger partial charge in [0.1, 0.15) is 0 Å². The lowest BCUT2D eigenvalue weighted by molar-refractivity contribution is 0.274. The Morgan fingerprint density at radius 3 is 2.80 bits per heavy atom. The van der Waals surface area contributed by atoms with Crippen LogP contribution in [0.1, 0.15) is 5.56 Å². The molecule has 2 N–H and O–H groups in total. The van der Waals surface area contributed by atoms with Crippen molar-refractivity contribution in [2.75, 3.05) is 0 Å². The predicted octanol–water partition coefficient (Wildman–Crippen LogP) is 0.00630. The quantitative estimate of drug-likeness (QED) is 0.544. The maximum absolute atomic E-state index is 12.4. The molecule has 0 saturated carbocycles. The van der Waals surface area contributed by atoms with E-state index in [1.165, 1.54) is 6.07 Å². The van der Waals surface area contributed by atoms with Gasteiger partial charge in [0.2, 0.25) is 5.56 Å². The number of rotatable bonds is 1. The Bertz CT molecular complexity index is 281. The summed E-state index contributed by atoms with van der Waals surface area (Å²) in [5.74, 6) is -0.769. The number of halogens is 1. The molecule has 0 aliphatic rings. The molecule has 1 aromatic rings. The Labute approximate surface area is 56.1 Å². The summed E-state index contributed by atoms with van der Waals surface area (Å²) < 4.78 is 12.4. The van der Waals surface area contributed by atoms with Crippen molar-refractivity contribution >= 4 is 0 Å². The third-order valence-electron chi connectivity index (χ3n) is 1.12. The van der Waals surface area contributed by atoms with E-state index in [-0.39, 0.29) is 5.56 Å². The Morgan fingerprint density at radius 1 is 1.60 bits per heavy atom. The molecule has 1 aromatic heterocycles. The summed E-state index contributed by atoms with van der Waals surface area (Å²) >= 11 is 0. The number of hydrogen-bond acceptors (Lipinski definition) is 2. The number of aliphatic hydroxyl groups excluding tert-OH is 1. The van der Waals surface area contributed by atoms with E-state index in [0.29, 0.717) is 0 Å². The van der Waals surface area contributed by atoms with Gasteiger partial charge in [-0.15, -0.1) is 0 Å². The highest BCUT2D eigenvalue weighted by Gasteiger charge is 1.98. The minimum absolute atomic E-state index is 0.0969. The van der Waals surface area contributed by atoms with Crippen molar-refractivity contribution in [1.82, 2.24) is 4.98 Å². The summed E-state index contributed by atoms with van der Waals surface area (Å²) in [6.07, 6.45) is 0. The van der Waals surface area contributed by atoms with Gasteiger partial charge in [-0.25, -0.2) is 0 Å². The first-order chi connectivity index (χ1) is 4.74. The second kappa shape index (κ2) is 2.62. The second-order valence-electron chi connectivity index (χ2n) is 1.82. The highest BCUT2D eigenvalue weighted by molar-refractivity contribution is 5.08. The lowest BCUT2D eigenvalue weighted by Gasteiger charge is -1.94. The standard InChI is InChI=1S/C6H6FNO2/c7-6-4(3-9)1-2-5(10)8-6/h1-2,9H,3H2,(H,8,10). The molecule has 0 fully saturated rings. The second-order valence-corrected chi connectivity index (χ2v) is 1.82. The molecular weight excluding hydrogens is 137 g/mol. The van der Waals surface area contributed by atoms with E-state index in [9.17, 15) is 9.18 Å². The van der Waals surface area contributed by atoms with Crippen molar-refractivity contribution in [1.29, 1.82) is 0 Å². The molecule has 1 heterocycles. The first kappa shape index (κ1) is 6.95. The third kappa shape index (κ3) is 1.22. The molecule has 0 unspecified atom stereocenters. The van der Waals surface area contributed by atoms with Gasteiger partial charge in [0.05, 0.1) is 6.61 Å².